The fraction of sp³-hybridized carbons (Fsp3) is 0.154. The lowest BCUT2D eigenvalue weighted by molar-refractivity contribution is 0.252. The Bertz CT molecular complexity index is 496. The van der Waals surface area contributed by atoms with E-state index in [4.69, 9.17) is 0 Å². The van der Waals surface area contributed by atoms with E-state index in [-0.39, 0.29) is 11.8 Å². The minimum absolute atomic E-state index is 0.223. The van der Waals surface area contributed by atoms with Crippen molar-refractivity contribution in [2.45, 2.75) is 6.42 Å². The molecule has 18 heavy (non-hydrogen) atoms. The maximum Gasteiger partial charge on any atom is 0.319 e. The fourth-order valence-electron chi connectivity index (χ4n) is 1.48. The van der Waals surface area contributed by atoms with E-state index >= 15 is 0 Å². The monoisotopic (exact) mass is 264 g/mol. The van der Waals surface area contributed by atoms with Crippen LogP contribution in [0.1, 0.15) is 5.56 Å². The summed E-state index contributed by atoms with van der Waals surface area (Å²) in [4.78, 5) is 11.5. The Labute approximate surface area is 109 Å². The topological polar surface area (TPSA) is 41.1 Å². The van der Waals surface area contributed by atoms with E-state index in [1.54, 1.807) is 12.1 Å². The number of hydrogen-bond donors (Lipinski definition) is 2. The first-order valence-corrected chi connectivity index (χ1v) is 6.45. The number of thiophene rings is 1. The van der Waals surface area contributed by atoms with E-state index in [1.807, 2.05) is 17.5 Å². The van der Waals surface area contributed by atoms with Crippen molar-refractivity contribution < 1.29 is 9.18 Å². The molecule has 2 aromatic rings. The highest BCUT2D eigenvalue weighted by atomic mass is 32.1. The van der Waals surface area contributed by atoms with Crippen molar-refractivity contribution in [1.82, 2.24) is 5.32 Å². The van der Waals surface area contributed by atoms with Gasteiger partial charge in [-0.15, -0.1) is 11.3 Å². The first-order chi connectivity index (χ1) is 8.74. The summed E-state index contributed by atoms with van der Waals surface area (Å²) in [5, 5.41) is 8.18. The van der Waals surface area contributed by atoms with Crippen molar-refractivity contribution in [3.8, 4) is 0 Å². The third-order valence-corrected chi connectivity index (χ3v) is 3.16. The third-order valence-electron chi connectivity index (χ3n) is 2.37. The summed E-state index contributed by atoms with van der Waals surface area (Å²) in [6.45, 7) is 0.517. The van der Waals surface area contributed by atoms with E-state index in [0.29, 0.717) is 13.0 Å². The van der Waals surface area contributed by atoms with E-state index in [0.717, 1.165) is 10.6 Å². The van der Waals surface area contributed by atoms with Crippen LogP contribution in [-0.4, -0.2) is 12.6 Å². The van der Waals surface area contributed by atoms with Crippen LogP contribution in [-0.2, 0) is 6.42 Å². The Hall–Kier alpha value is -1.88. The summed E-state index contributed by atoms with van der Waals surface area (Å²) in [5.74, 6) is -0.248. The largest absolute Gasteiger partial charge is 0.338 e. The van der Waals surface area contributed by atoms with Gasteiger partial charge in [-0.3, -0.25) is 5.32 Å². The van der Waals surface area contributed by atoms with Crippen molar-refractivity contribution in [3.05, 3.63) is 53.2 Å². The smallest absolute Gasteiger partial charge is 0.319 e. The highest BCUT2D eigenvalue weighted by Crippen LogP contribution is 2.14. The van der Waals surface area contributed by atoms with Gasteiger partial charge in [-0.25, -0.2) is 9.18 Å². The number of hydrogen-bond acceptors (Lipinski definition) is 2. The van der Waals surface area contributed by atoms with Gasteiger partial charge in [-0.05, 0) is 41.6 Å². The molecule has 2 rings (SSSR count). The van der Waals surface area contributed by atoms with Crippen molar-refractivity contribution in [3.63, 3.8) is 0 Å². The van der Waals surface area contributed by atoms with Gasteiger partial charge in [0.05, 0.1) is 5.00 Å². The number of anilines is 1. The minimum Gasteiger partial charge on any atom is -0.338 e. The van der Waals surface area contributed by atoms with Crippen LogP contribution in [0, 0.1) is 5.82 Å². The molecule has 0 bridgehead atoms. The van der Waals surface area contributed by atoms with Crippen LogP contribution in [0.15, 0.2) is 41.8 Å². The Morgan fingerprint density at radius 2 is 2.00 bits per heavy atom. The van der Waals surface area contributed by atoms with Gasteiger partial charge in [0.1, 0.15) is 5.82 Å². The number of urea groups is 1. The Morgan fingerprint density at radius 3 is 2.67 bits per heavy atom. The van der Waals surface area contributed by atoms with Gasteiger partial charge in [0.15, 0.2) is 0 Å². The first kappa shape index (κ1) is 12.6. The van der Waals surface area contributed by atoms with Gasteiger partial charge in [-0.2, -0.15) is 0 Å². The van der Waals surface area contributed by atoms with Crippen LogP contribution in [0.25, 0.3) is 0 Å². The summed E-state index contributed by atoms with van der Waals surface area (Å²) >= 11 is 1.47. The molecule has 1 heterocycles. The summed E-state index contributed by atoms with van der Waals surface area (Å²) in [7, 11) is 0. The molecule has 94 valence electrons. The number of carbonyl (C=O) groups is 1. The van der Waals surface area contributed by atoms with Crippen LogP contribution >= 0.6 is 11.3 Å². The summed E-state index contributed by atoms with van der Waals surface area (Å²) in [6.07, 6.45) is 0.679. The maximum absolute atomic E-state index is 12.7. The minimum atomic E-state index is -0.248. The Kier molecular flexibility index (Phi) is 4.30. The quantitative estimate of drug-likeness (QED) is 0.874. The molecular formula is C13H13FN2OS. The standard InChI is InChI=1S/C13H13FN2OS/c14-11-5-3-10(4-6-11)7-8-15-13(17)16-12-2-1-9-18-12/h1-6,9H,7-8H2,(H2,15,16,17). The molecule has 0 atom stereocenters. The molecule has 0 radical (unpaired) electrons. The number of nitrogens with one attached hydrogen (secondary N) is 2. The molecule has 2 N–H and O–H groups in total. The van der Waals surface area contributed by atoms with Crippen molar-refractivity contribution in [2.75, 3.05) is 11.9 Å². The normalized spacial score (nSPS) is 10.1. The number of rotatable bonds is 4. The van der Waals surface area contributed by atoms with Crippen LogP contribution in [0.5, 0.6) is 0 Å². The predicted octanol–water partition coefficient (Wildman–Crippen LogP) is 3.25. The Morgan fingerprint density at radius 1 is 1.22 bits per heavy atom. The summed E-state index contributed by atoms with van der Waals surface area (Å²) in [6, 6.07) is 9.76. The predicted molar refractivity (Wildman–Crippen MR) is 71.4 cm³/mol. The fourth-order valence-corrected chi connectivity index (χ4v) is 2.09. The highest BCUT2D eigenvalue weighted by molar-refractivity contribution is 7.14. The summed E-state index contributed by atoms with van der Waals surface area (Å²) in [5.41, 5.74) is 0.993. The molecule has 0 aliphatic carbocycles. The lowest BCUT2D eigenvalue weighted by Gasteiger charge is -2.06. The van der Waals surface area contributed by atoms with Gasteiger partial charge in [-0.1, -0.05) is 12.1 Å². The zero-order valence-electron chi connectivity index (χ0n) is 9.65. The second-order valence-corrected chi connectivity index (χ2v) is 4.68. The molecule has 2 amide bonds. The van der Waals surface area contributed by atoms with Gasteiger partial charge in [0.2, 0.25) is 0 Å². The average molecular weight is 264 g/mol. The molecular weight excluding hydrogens is 251 g/mol. The molecule has 0 saturated heterocycles. The van der Waals surface area contributed by atoms with Gasteiger partial charge in [0.25, 0.3) is 0 Å². The van der Waals surface area contributed by atoms with E-state index in [1.165, 1.54) is 23.5 Å². The summed E-state index contributed by atoms with van der Waals surface area (Å²) < 4.78 is 12.7. The highest BCUT2D eigenvalue weighted by Gasteiger charge is 2.01. The van der Waals surface area contributed by atoms with Crippen LogP contribution in [0.4, 0.5) is 14.2 Å². The molecule has 1 aromatic heterocycles. The second-order valence-electron chi connectivity index (χ2n) is 3.73. The third kappa shape index (κ3) is 3.85. The molecule has 0 aliphatic rings. The van der Waals surface area contributed by atoms with Crippen LogP contribution in [0.2, 0.25) is 0 Å². The lowest BCUT2D eigenvalue weighted by atomic mass is 10.1. The SMILES string of the molecule is O=C(NCCc1ccc(F)cc1)Nc1cccs1. The van der Waals surface area contributed by atoms with E-state index < -0.39 is 0 Å². The van der Waals surface area contributed by atoms with Crippen molar-refractivity contribution in [2.24, 2.45) is 0 Å². The van der Waals surface area contributed by atoms with Gasteiger partial charge in [0, 0.05) is 6.54 Å². The molecule has 1 aromatic carbocycles. The van der Waals surface area contributed by atoms with E-state index in [9.17, 15) is 9.18 Å². The number of carbonyl (C=O) groups excluding carboxylic acids is 1. The number of amides is 2. The van der Waals surface area contributed by atoms with Gasteiger partial charge < -0.3 is 5.32 Å². The molecule has 0 aliphatic heterocycles. The maximum atomic E-state index is 12.7. The molecule has 0 spiro atoms. The molecule has 0 fully saturated rings. The Balaban J connectivity index is 1.72. The van der Waals surface area contributed by atoms with Crippen molar-refractivity contribution >= 4 is 22.4 Å². The average Bonchev–Trinajstić information content (AvgIpc) is 2.84. The zero-order valence-corrected chi connectivity index (χ0v) is 10.5. The molecule has 3 nitrogen and oxygen atoms in total. The zero-order chi connectivity index (χ0) is 12.8. The van der Waals surface area contributed by atoms with E-state index in [2.05, 4.69) is 10.6 Å². The first-order valence-electron chi connectivity index (χ1n) is 5.57. The number of halogens is 1. The van der Waals surface area contributed by atoms with Crippen molar-refractivity contribution in [1.29, 1.82) is 0 Å². The molecule has 5 heteroatoms. The second kappa shape index (κ2) is 6.16. The van der Waals surface area contributed by atoms with Crippen LogP contribution in [0.3, 0.4) is 0 Å². The van der Waals surface area contributed by atoms with Gasteiger partial charge >= 0.3 is 6.03 Å². The van der Waals surface area contributed by atoms with Crippen LogP contribution < -0.4 is 10.6 Å². The number of benzene rings is 1. The molecule has 0 unspecified atom stereocenters. The lowest BCUT2D eigenvalue weighted by Crippen LogP contribution is -2.30. The molecule has 0 saturated carbocycles.